The second kappa shape index (κ2) is 4.55. The van der Waals surface area contributed by atoms with E-state index in [4.69, 9.17) is 15.0 Å². The Balaban J connectivity index is 1.89. The van der Waals surface area contributed by atoms with Crippen molar-refractivity contribution in [3.8, 4) is 22.9 Å². The van der Waals surface area contributed by atoms with Crippen molar-refractivity contribution in [2.45, 2.75) is 18.9 Å². The zero-order valence-corrected chi connectivity index (χ0v) is 10.5. The number of methoxy groups -OCH3 is 1. The number of benzene rings is 1. The number of aromatic hydroxyl groups is 1. The minimum absolute atomic E-state index is 0.0738. The zero-order chi connectivity index (χ0) is 13.4. The van der Waals surface area contributed by atoms with Crippen LogP contribution in [0.3, 0.4) is 0 Å². The maximum Gasteiger partial charge on any atom is 0.244 e. The Kier molecular flexibility index (Phi) is 2.87. The second-order valence-electron chi connectivity index (χ2n) is 4.71. The molecule has 0 aliphatic heterocycles. The number of phenols is 1. The smallest absolute Gasteiger partial charge is 0.244 e. The van der Waals surface area contributed by atoms with Crippen molar-refractivity contribution in [2.24, 2.45) is 11.7 Å². The molecule has 2 aromatic rings. The summed E-state index contributed by atoms with van der Waals surface area (Å²) < 4.78 is 10.2. The molecule has 1 aromatic carbocycles. The number of nitrogens with zero attached hydrogens (tertiary/aromatic N) is 2. The van der Waals surface area contributed by atoms with Crippen LogP contribution in [0.15, 0.2) is 22.7 Å². The van der Waals surface area contributed by atoms with Crippen molar-refractivity contribution in [3.05, 3.63) is 24.1 Å². The quantitative estimate of drug-likeness (QED) is 0.872. The van der Waals surface area contributed by atoms with Crippen LogP contribution < -0.4 is 10.5 Å². The normalized spacial score (nSPS) is 16.3. The van der Waals surface area contributed by atoms with E-state index >= 15 is 0 Å². The first kappa shape index (κ1) is 12.0. The van der Waals surface area contributed by atoms with Crippen LogP contribution in [0.2, 0.25) is 0 Å². The largest absolute Gasteiger partial charge is 0.504 e. The fourth-order valence-electron chi connectivity index (χ4n) is 1.96. The van der Waals surface area contributed by atoms with Gasteiger partial charge in [0.2, 0.25) is 11.7 Å². The highest BCUT2D eigenvalue weighted by atomic mass is 16.5. The molecule has 100 valence electrons. The van der Waals surface area contributed by atoms with Crippen LogP contribution in [-0.4, -0.2) is 22.4 Å². The predicted octanol–water partition coefficient (Wildman–Crippen LogP) is 1.86. The van der Waals surface area contributed by atoms with Gasteiger partial charge in [0.25, 0.3) is 0 Å². The van der Waals surface area contributed by atoms with E-state index in [1.807, 2.05) is 0 Å². The summed E-state index contributed by atoms with van der Waals surface area (Å²) in [6, 6.07) is 4.72. The fourth-order valence-corrected chi connectivity index (χ4v) is 1.96. The van der Waals surface area contributed by atoms with Crippen LogP contribution in [0.4, 0.5) is 0 Å². The molecule has 1 aromatic heterocycles. The van der Waals surface area contributed by atoms with E-state index in [0.29, 0.717) is 28.9 Å². The third kappa shape index (κ3) is 2.26. The highest BCUT2D eigenvalue weighted by molar-refractivity contribution is 5.60. The van der Waals surface area contributed by atoms with Gasteiger partial charge >= 0.3 is 0 Å². The Morgan fingerprint density at radius 3 is 2.95 bits per heavy atom. The minimum atomic E-state index is -0.180. The van der Waals surface area contributed by atoms with Gasteiger partial charge in [-0.2, -0.15) is 4.98 Å². The third-order valence-corrected chi connectivity index (χ3v) is 3.29. The molecule has 3 N–H and O–H groups in total. The van der Waals surface area contributed by atoms with E-state index < -0.39 is 0 Å². The van der Waals surface area contributed by atoms with Gasteiger partial charge in [-0.25, -0.2) is 0 Å². The van der Waals surface area contributed by atoms with Gasteiger partial charge in [0.1, 0.15) is 0 Å². The summed E-state index contributed by atoms with van der Waals surface area (Å²) in [7, 11) is 1.49. The number of rotatable bonds is 4. The van der Waals surface area contributed by atoms with Gasteiger partial charge in [0.05, 0.1) is 13.2 Å². The fraction of sp³-hybridized carbons (Fsp3) is 0.385. The molecule has 0 bridgehead atoms. The molecule has 1 heterocycles. The Hall–Kier alpha value is -2.08. The van der Waals surface area contributed by atoms with E-state index in [1.54, 1.807) is 12.1 Å². The topological polar surface area (TPSA) is 94.4 Å². The molecule has 0 radical (unpaired) electrons. The molecule has 1 fully saturated rings. The number of hydrogen-bond acceptors (Lipinski definition) is 6. The SMILES string of the molecule is COc1cc(-c2noc(C(N)C3CC3)n2)ccc1O. The molecule has 1 unspecified atom stereocenters. The van der Waals surface area contributed by atoms with Gasteiger partial charge < -0.3 is 20.1 Å². The first-order valence-corrected chi connectivity index (χ1v) is 6.15. The van der Waals surface area contributed by atoms with E-state index in [9.17, 15) is 5.11 Å². The first-order valence-electron chi connectivity index (χ1n) is 6.15. The number of ether oxygens (including phenoxy) is 1. The van der Waals surface area contributed by atoms with Crippen LogP contribution in [0, 0.1) is 5.92 Å². The lowest BCUT2D eigenvalue weighted by molar-refractivity contribution is 0.343. The second-order valence-corrected chi connectivity index (χ2v) is 4.71. The van der Waals surface area contributed by atoms with E-state index in [1.165, 1.54) is 13.2 Å². The first-order chi connectivity index (χ1) is 9.19. The summed E-state index contributed by atoms with van der Waals surface area (Å²) in [5.41, 5.74) is 6.73. The van der Waals surface area contributed by atoms with Crippen molar-refractivity contribution < 1.29 is 14.4 Å². The van der Waals surface area contributed by atoms with Crippen LogP contribution in [0.5, 0.6) is 11.5 Å². The Morgan fingerprint density at radius 2 is 2.26 bits per heavy atom. The molecule has 0 spiro atoms. The van der Waals surface area contributed by atoms with Gasteiger partial charge in [-0.3, -0.25) is 0 Å². The molecule has 6 heteroatoms. The third-order valence-electron chi connectivity index (χ3n) is 3.29. The summed E-state index contributed by atoms with van der Waals surface area (Å²) in [5.74, 6) is 1.82. The predicted molar refractivity (Wildman–Crippen MR) is 67.6 cm³/mol. The lowest BCUT2D eigenvalue weighted by Gasteiger charge is -2.04. The summed E-state index contributed by atoms with van der Waals surface area (Å²) >= 11 is 0. The number of aromatic nitrogens is 2. The highest BCUT2D eigenvalue weighted by Gasteiger charge is 2.33. The molecule has 1 atom stereocenters. The molecule has 19 heavy (non-hydrogen) atoms. The number of phenolic OH excluding ortho intramolecular Hbond substituents is 1. The number of nitrogens with two attached hydrogens (primary N) is 1. The molecule has 3 rings (SSSR count). The monoisotopic (exact) mass is 261 g/mol. The maximum absolute atomic E-state index is 9.55. The summed E-state index contributed by atoms with van der Waals surface area (Å²) in [4.78, 5) is 4.31. The van der Waals surface area contributed by atoms with Crippen molar-refractivity contribution >= 4 is 0 Å². The van der Waals surface area contributed by atoms with Crippen molar-refractivity contribution in [1.29, 1.82) is 0 Å². The molecule has 0 amide bonds. The van der Waals surface area contributed by atoms with Crippen molar-refractivity contribution in [2.75, 3.05) is 7.11 Å². The summed E-state index contributed by atoms with van der Waals surface area (Å²) in [6.07, 6.45) is 2.23. The molecule has 0 saturated heterocycles. The van der Waals surface area contributed by atoms with Gasteiger partial charge in [-0.05, 0) is 37.0 Å². The zero-order valence-electron chi connectivity index (χ0n) is 10.5. The maximum atomic E-state index is 9.55. The van der Waals surface area contributed by atoms with E-state index in [0.717, 1.165) is 12.8 Å². The van der Waals surface area contributed by atoms with E-state index in [2.05, 4.69) is 10.1 Å². The van der Waals surface area contributed by atoms with Crippen LogP contribution >= 0.6 is 0 Å². The van der Waals surface area contributed by atoms with Crippen LogP contribution in [-0.2, 0) is 0 Å². The average Bonchev–Trinajstić information content (AvgIpc) is 3.16. The van der Waals surface area contributed by atoms with Gasteiger partial charge in [0, 0.05) is 5.56 Å². The molecule has 1 saturated carbocycles. The highest BCUT2D eigenvalue weighted by Crippen LogP contribution is 2.39. The average molecular weight is 261 g/mol. The van der Waals surface area contributed by atoms with Gasteiger partial charge in [-0.1, -0.05) is 5.16 Å². The molecule has 1 aliphatic rings. The summed E-state index contributed by atoms with van der Waals surface area (Å²) in [5, 5.41) is 13.5. The van der Waals surface area contributed by atoms with Crippen molar-refractivity contribution in [1.82, 2.24) is 10.1 Å². The van der Waals surface area contributed by atoms with Crippen molar-refractivity contribution in [3.63, 3.8) is 0 Å². The van der Waals surface area contributed by atoms with Gasteiger partial charge in [0.15, 0.2) is 11.5 Å². The standard InChI is InChI=1S/C13H15N3O3/c1-18-10-6-8(4-5-9(10)17)12-15-13(19-16-12)11(14)7-2-3-7/h4-7,11,17H,2-3,14H2,1H3. The Labute approximate surface area is 110 Å². The Bertz CT molecular complexity index is 593. The molecule has 6 nitrogen and oxygen atoms in total. The minimum Gasteiger partial charge on any atom is -0.504 e. The molecule has 1 aliphatic carbocycles. The number of hydrogen-bond donors (Lipinski definition) is 2. The van der Waals surface area contributed by atoms with E-state index in [-0.39, 0.29) is 11.8 Å². The Morgan fingerprint density at radius 1 is 1.47 bits per heavy atom. The lowest BCUT2D eigenvalue weighted by Crippen LogP contribution is -2.12. The lowest BCUT2D eigenvalue weighted by atomic mass is 10.2. The van der Waals surface area contributed by atoms with Crippen LogP contribution in [0.1, 0.15) is 24.8 Å². The van der Waals surface area contributed by atoms with Gasteiger partial charge in [-0.15, -0.1) is 0 Å². The van der Waals surface area contributed by atoms with Crippen LogP contribution in [0.25, 0.3) is 11.4 Å². The molecular formula is C13H15N3O3. The molecular weight excluding hydrogens is 246 g/mol. The summed E-state index contributed by atoms with van der Waals surface area (Å²) in [6.45, 7) is 0.